The molecule has 0 bridgehead atoms. The lowest BCUT2D eigenvalue weighted by Gasteiger charge is -2.34. The molecule has 2 atom stereocenters. The van der Waals surface area contributed by atoms with Crippen LogP contribution in [0, 0.1) is 11.8 Å². The highest BCUT2D eigenvalue weighted by molar-refractivity contribution is 5.67. The summed E-state index contributed by atoms with van der Waals surface area (Å²) in [6, 6.07) is 0.927. The van der Waals surface area contributed by atoms with Gasteiger partial charge < -0.3 is 20.1 Å². The van der Waals surface area contributed by atoms with Crippen molar-refractivity contribution in [1.29, 1.82) is 0 Å². The molecule has 0 aromatic carbocycles. The molecule has 1 heterocycles. The molecule has 1 aliphatic heterocycles. The fourth-order valence-electron chi connectivity index (χ4n) is 3.34. The summed E-state index contributed by atoms with van der Waals surface area (Å²) >= 11 is 0. The number of nitrogens with zero attached hydrogens (tertiary/aromatic N) is 1. The summed E-state index contributed by atoms with van der Waals surface area (Å²) in [7, 11) is 0. The maximum atomic E-state index is 11.9. The van der Waals surface area contributed by atoms with Crippen LogP contribution < -0.4 is 5.32 Å². The summed E-state index contributed by atoms with van der Waals surface area (Å²) in [5, 5.41) is 13.1. The summed E-state index contributed by atoms with van der Waals surface area (Å²) in [6.07, 6.45) is 5.30. The average Bonchev–Trinajstić information content (AvgIpc) is 2.92. The highest BCUT2D eigenvalue weighted by Crippen LogP contribution is 2.26. The van der Waals surface area contributed by atoms with Gasteiger partial charge in [0.05, 0.1) is 6.61 Å². The molecule has 2 N–H and O–H groups in total. The number of piperidine rings is 1. The minimum absolute atomic E-state index is 0.170. The summed E-state index contributed by atoms with van der Waals surface area (Å²) in [4.78, 5) is 13.7. The Kier molecular flexibility index (Phi) is 6.30. The Balaban J connectivity index is 1.69. The number of aliphatic hydroxyl groups excluding tert-OH is 1. The molecule has 0 radical (unpaired) electrons. The van der Waals surface area contributed by atoms with Crippen LogP contribution in [0.5, 0.6) is 0 Å². The summed E-state index contributed by atoms with van der Waals surface area (Å²) < 4.78 is 5.28. The van der Waals surface area contributed by atoms with Crippen molar-refractivity contribution in [2.75, 3.05) is 26.3 Å². The Morgan fingerprint density at radius 1 is 1.29 bits per heavy atom. The highest BCUT2D eigenvalue weighted by Gasteiger charge is 2.30. The molecule has 0 unspecified atom stereocenters. The van der Waals surface area contributed by atoms with Crippen molar-refractivity contribution in [3.63, 3.8) is 0 Å². The molecule has 0 aromatic rings. The predicted octanol–water partition coefficient (Wildman–Crippen LogP) is 1.99. The zero-order chi connectivity index (χ0) is 15.2. The molecule has 0 spiro atoms. The van der Waals surface area contributed by atoms with E-state index in [1.54, 1.807) is 0 Å². The van der Waals surface area contributed by atoms with E-state index in [1.807, 2.05) is 18.7 Å². The fraction of sp³-hybridized carbons (Fsp3) is 0.938. The van der Waals surface area contributed by atoms with Crippen LogP contribution in [0.3, 0.4) is 0 Å². The van der Waals surface area contributed by atoms with Gasteiger partial charge in [0.1, 0.15) is 0 Å². The average molecular weight is 298 g/mol. The third-order valence-corrected chi connectivity index (χ3v) is 4.64. The predicted molar refractivity (Wildman–Crippen MR) is 82.1 cm³/mol. The quantitative estimate of drug-likeness (QED) is 0.815. The molecular weight excluding hydrogens is 268 g/mol. The van der Waals surface area contributed by atoms with E-state index in [4.69, 9.17) is 4.74 Å². The van der Waals surface area contributed by atoms with Crippen LogP contribution in [-0.2, 0) is 4.74 Å². The van der Waals surface area contributed by atoms with Gasteiger partial charge in [0.25, 0.3) is 0 Å². The van der Waals surface area contributed by atoms with Gasteiger partial charge in [-0.15, -0.1) is 0 Å². The van der Waals surface area contributed by atoms with Crippen LogP contribution in [0.15, 0.2) is 0 Å². The largest absolute Gasteiger partial charge is 0.449 e. The Bertz CT molecular complexity index is 327. The molecule has 1 saturated carbocycles. The number of likely N-dealkylation sites (tertiary alicyclic amines) is 1. The van der Waals surface area contributed by atoms with Gasteiger partial charge in [0.2, 0.25) is 0 Å². The van der Waals surface area contributed by atoms with Gasteiger partial charge in [0.15, 0.2) is 0 Å². The van der Waals surface area contributed by atoms with E-state index in [1.165, 1.54) is 12.8 Å². The van der Waals surface area contributed by atoms with Crippen LogP contribution in [0.2, 0.25) is 0 Å². The standard InChI is InChI=1S/C16H30N2O3/c1-12(2)11-21-16(20)18-8-6-14(7-9-18)17-15-5-3-4-13(15)10-19/h12-15,17,19H,3-11H2,1-2H3/t13-,15-/m0/s1. The molecule has 21 heavy (non-hydrogen) atoms. The number of hydrogen-bond acceptors (Lipinski definition) is 4. The first-order chi connectivity index (χ1) is 10.1. The van der Waals surface area contributed by atoms with Crippen LogP contribution >= 0.6 is 0 Å². The Hall–Kier alpha value is -0.810. The molecule has 0 aromatic heterocycles. The Morgan fingerprint density at radius 3 is 2.62 bits per heavy atom. The zero-order valence-corrected chi connectivity index (χ0v) is 13.4. The number of nitrogens with one attached hydrogen (secondary N) is 1. The summed E-state index contributed by atoms with van der Waals surface area (Å²) in [6.45, 7) is 6.41. The van der Waals surface area contributed by atoms with E-state index < -0.39 is 0 Å². The molecule has 5 heteroatoms. The van der Waals surface area contributed by atoms with Crippen molar-refractivity contribution < 1.29 is 14.6 Å². The molecule has 1 saturated heterocycles. The number of amides is 1. The maximum absolute atomic E-state index is 11.9. The lowest BCUT2D eigenvalue weighted by molar-refractivity contribution is 0.0801. The molecule has 1 aliphatic carbocycles. The van der Waals surface area contributed by atoms with Crippen LogP contribution in [0.1, 0.15) is 46.0 Å². The van der Waals surface area contributed by atoms with E-state index in [0.717, 1.165) is 32.4 Å². The van der Waals surface area contributed by atoms with Gasteiger partial charge >= 0.3 is 6.09 Å². The number of carbonyl (C=O) groups is 1. The van der Waals surface area contributed by atoms with E-state index in [2.05, 4.69) is 5.32 Å². The topological polar surface area (TPSA) is 61.8 Å². The number of hydrogen-bond donors (Lipinski definition) is 2. The SMILES string of the molecule is CC(C)COC(=O)N1CCC(N[C@H]2CCC[C@H]2CO)CC1. The van der Waals surface area contributed by atoms with Crippen molar-refractivity contribution in [3.8, 4) is 0 Å². The van der Waals surface area contributed by atoms with Crippen molar-refractivity contribution in [2.24, 2.45) is 11.8 Å². The summed E-state index contributed by atoms with van der Waals surface area (Å²) in [5.74, 6) is 0.796. The normalized spacial score (nSPS) is 27.3. The first-order valence-electron chi connectivity index (χ1n) is 8.38. The fourth-order valence-corrected chi connectivity index (χ4v) is 3.34. The molecular formula is C16H30N2O3. The van der Waals surface area contributed by atoms with E-state index in [-0.39, 0.29) is 12.7 Å². The number of rotatable bonds is 5. The van der Waals surface area contributed by atoms with Crippen molar-refractivity contribution in [3.05, 3.63) is 0 Å². The van der Waals surface area contributed by atoms with Gasteiger partial charge in [-0.2, -0.15) is 0 Å². The second kappa shape index (κ2) is 7.99. The van der Waals surface area contributed by atoms with Gasteiger partial charge in [-0.05, 0) is 37.5 Å². The molecule has 2 rings (SSSR count). The van der Waals surface area contributed by atoms with Crippen molar-refractivity contribution in [1.82, 2.24) is 10.2 Å². The number of carbonyl (C=O) groups excluding carboxylic acids is 1. The summed E-state index contributed by atoms with van der Waals surface area (Å²) in [5.41, 5.74) is 0. The van der Waals surface area contributed by atoms with E-state index >= 15 is 0 Å². The van der Waals surface area contributed by atoms with E-state index in [9.17, 15) is 9.90 Å². The maximum Gasteiger partial charge on any atom is 0.409 e. The van der Waals surface area contributed by atoms with Gasteiger partial charge in [-0.3, -0.25) is 0 Å². The Labute approximate surface area is 128 Å². The smallest absolute Gasteiger partial charge is 0.409 e. The molecule has 2 fully saturated rings. The van der Waals surface area contributed by atoms with E-state index in [0.29, 0.717) is 30.5 Å². The Morgan fingerprint density at radius 2 is 2.00 bits per heavy atom. The molecule has 1 amide bonds. The third kappa shape index (κ3) is 4.85. The minimum atomic E-state index is -0.170. The van der Waals surface area contributed by atoms with Crippen LogP contribution in [-0.4, -0.2) is 54.5 Å². The molecule has 122 valence electrons. The second-order valence-corrected chi connectivity index (χ2v) is 6.88. The number of ether oxygens (including phenoxy) is 1. The minimum Gasteiger partial charge on any atom is -0.449 e. The highest BCUT2D eigenvalue weighted by atomic mass is 16.6. The lowest BCUT2D eigenvalue weighted by atomic mass is 10.00. The second-order valence-electron chi connectivity index (χ2n) is 6.88. The van der Waals surface area contributed by atoms with Gasteiger partial charge in [0, 0.05) is 31.8 Å². The van der Waals surface area contributed by atoms with Crippen LogP contribution in [0.4, 0.5) is 4.79 Å². The van der Waals surface area contributed by atoms with Crippen LogP contribution in [0.25, 0.3) is 0 Å². The molecule has 5 nitrogen and oxygen atoms in total. The third-order valence-electron chi connectivity index (χ3n) is 4.64. The first kappa shape index (κ1) is 16.6. The van der Waals surface area contributed by atoms with Crippen molar-refractivity contribution in [2.45, 2.75) is 58.0 Å². The zero-order valence-electron chi connectivity index (χ0n) is 13.4. The van der Waals surface area contributed by atoms with Crippen molar-refractivity contribution >= 4 is 6.09 Å². The van der Waals surface area contributed by atoms with Gasteiger partial charge in [-0.1, -0.05) is 20.3 Å². The first-order valence-corrected chi connectivity index (χ1v) is 8.38. The lowest BCUT2D eigenvalue weighted by Crippen LogP contribution is -2.49. The number of aliphatic hydroxyl groups is 1. The monoisotopic (exact) mass is 298 g/mol. The molecule has 2 aliphatic rings. The van der Waals surface area contributed by atoms with Gasteiger partial charge in [-0.25, -0.2) is 4.79 Å².